The smallest absolute Gasteiger partial charge is 0.222 e. The first-order valence-electron chi connectivity index (χ1n) is 5.72. The Labute approximate surface area is 105 Å². The number of likely N-dealkylation sites (N-methyl/N-ethyl adjacent to an activating group) is 1. The van der Waals surface area contributed by atoms with Gasteiger partial charge in [-0.3, -0.25) is 4.90 Å². The van der Waals surface area contributed by atoms with Crippen LogP contribution in [-0.2, 0) is 0 Å². The van der Waals surface area contributed by atoms with E-state index in [-0.39, 0.29) is 12.0 Å². The highest BCUT2D eigenvalue weighted by Gasteiger charge is 2.25. The van der Waals surface area contributed by atoms with E-state index >= 15 is 0 Å². The Morgan fingerprint density at radius 3 is 2.78 bits per heavy atom. The SMILES string of the molecule is CN(C)C1COc2ccc1c1c(N)nc(N)nc21. The van der Waals surface area contributed by atoms with Gasteiger partial charge in [0.2, 0.25) is 5.95 Å². The number of aromatic nitrogens is 2. The van der Waals surface area contributed by atoms with Crippen molar-refractivity contribution in [2.45, 2.75) is 6.04 Å². The van der Waals surface area contributed by atoms with Crippen LogP contribution in [0.2, 0.25) is 0 Å². The second-order valence-electron chi connectivity index (χ2n) is 4.63. The quantitative estimate of drug-likeness (QED) is 0.772. The molecule has 1 aromatic heterocycles. The monoisotopic (exact) mass is 245 g/mol. The van der Waals surface area contributed by atoms with Gasteiger partial charge in [0, 0.05) is 0 Å². The van der Waals surface area contributed by atoms with E-state index in [0.29, 0.717) is 23.7 Å². The Morgan fingerprint density at radius 2 is 2.06 bits per heavy atom. The standard InChI is InChI=1S/C12H15N5O/c1-17(2)7-5-18-8-4-3-6(7)9-10(8)15-12(14)16-11(9)13/h3-4,7H,5H2,1-2H3,(H4,13,14,15,16). The molecule has 0 spiro atoms. The Balaban J connectivity index is 2.38. The normalized spacial score (nSPS) is 18.1. The molecular formula is C12H15N5O. The molecule has 4 N–H and O–H groups in total. The van der Waals surface area contributed by atoms with Gasteiger partial charge in [-0.1, -0.05) is 6.07 Å². The lowest BCUT2D eigenvalue weighted by atomic mass is 10.0. The summed E-state index contributed by atoms with van der Waals surface area (Å²) < 4.78 is 5.77. The summed E-state index contributed by atoms with van der Waals surface area (Å²) in [6.07, 6.45) is 0. The number of ether oxygens (including phenoxy) is 1. The van der Waals surface area contributed by atoms with Crippen molar-refractivity contribution < 1.29 is 4.74 Å². The van der Waals surface area contributed by atoms with Crippen molar-refractivity contribution in [2.75, 3.05) is 32.2 Å². The maximum Gasteiger partial charge on any atom is 0.222 e. The maximum atomic E-state index is 5.99. The highest BCUT2D eigenvalue weighted by Crippen LogP contribution is 2.38. The molecule has 1 unspecified atom stereocenters. The van der Waals surface area contributed by atoms with E-state index in [0.717, 1.165) is 10.9 Å². The molecule has 2 bridgehead atoms. The molecule has 4 rings (SSSR count). The van der Waals surface area contributed by atoms with Gasteiger partial charge < -0.3 is 16.2 Å². The average molecular weight is 245 g/mol. The van der Waals surface area contributed by atoms with Crippen LogP contribution in [0, 0.1) is 0 Å². The van der Waals surface area contributed by atoms with E-state index in [2.05, 4.69) is 14.9 Å². The number of hydrogen-bond donors (Lipinski definition) is 2. The van der Waals surface area contributed by atoms with E-state index in [1.165, 1.54) is 0 Å². The first-order valence-corrected chi connectivity index (χ1v) is 5.72. The molecule has 0 aliphatic carbocycles. The fraction of sp³-hybridized carbons (Fsp3) is 0.333. The summed E-state index contributed by atoms with van der Waals surface area (Å²) in [5.74, 6) is 1.29. The lowest BCUT2D eigenvalue weighted by Crippen LogP contribution is -2.24. The van der Waals surface area contributed by atoms with E-state index in [1.54, 1.807) is 0 Å². The molecule has 0 saturated heterocycles. The van der Waals surface area contributed by atoms with E-state index in [4.69, 9.17) is 16.2 Å². The summed E-state index contributed by atoms with van der Waals surface area (Å²) in [5.41, 5.74) is 13.4. The summed E-state index contributed by atoms with van der Waals surface area (Å²) in [7, 11) is 4.01. The van der Waals surface area contributed by atoms with Crippen molar-refractivity contribution in [1.29, 1.82) is 0 Å². The number of nitrogens with two attached hydrogens (primary N) is 2. The molecule has 0 fully saturated rings. The number of fused-ring (bicyclic) bond motifs is 3. The molecule has 2 aromatic rings. The number of benzene rings is 1. The van der Waals surface area contributed by atoms with Crippen LogP contribution < -0.4 is 16.2 Å². The Hall–Kier alpha value is -2.08. The number of nitrogens with zero attached hydrogens (tertiary/aromatic N) is 3. The van der Waals surface area contributed by atoms with Gasteiger partial charge in [0.25, 0.3) is 0 Å². The number of anilines is 2. The number of nitrogen functional groups attached to an aromatic ring is 2. The van der Waals surface area contributed by atoms with Crippen LogP contribution in [0.5, 0.6) is 5.75 Å². The van der Waals surface area contributed by atoms with Crippen LogP contribution in [0.1, 0.15) is 11.6 Å². The topological polar surface area (TPSA) is 90.3 Å². The molecule has 94 valence electrons. The highest BCUT2D eigenvalue weighted by atomic mass is 16.5. The molecule has 6 nitrogen and oxygen atoms in total. The first-order chi connectivity index (χ1) is 8.58. The lowest BCUT2D eigenvalue weighted by Gasteiger charge is -2.22. The average Bonchev–Trinajstić information content (AvgIpc) is 2.58. The minimum absolute atomic E-state index is 0.134. The van der Waals surface area contributed by atoms with Gasteiger partial charge in [-0.25, -0.2) is 4.98 Å². The fourth-order valence-electron chi connectivity index (χ4n) is 2.37. The van der Waals surface area contributed by atoms with Gasteiger partial charge in [0.1, 0.15) is 23.7 Å². The van der Waals surface area contributed by atoms with Crippen molar-refractivity contribution in [2.24, 2.45) is 0 Å². The third-order valence-electron chi connectivity index (χ3n) is 3.27. The second-order valence-corrected chi connectivity index (χ2v) is 4.63. The predicted molar refractivity (Wildman–Crippen MR) is 70.3 cm³/mol. The van der Waals surface area contributed by atoms with Crippen LogP contribution in [0.4, 0.5) is 11.8 Å². The number of hydrogen-bond acceptors (Lipinski definition) is 6. The second kappa shape index (κ2) is 3.71. The zero-order valence-electron chi connectivity index (χ0n) is 10.3. The van der Waals surface area contributed by atoms with Gasteiger partial charge in [-0.05, 0) is 25.7 Å². The zero-order valence-corrected chi connectivity index (χ0v) is 10.3. The van der Waals surface area contributed by atoms with Crippen molar-refractivity contribution in [3.8, 4) is 5.75 Å². The molecule has 0 radical (unpaired) electrons. The molecule has 18 heavy (non-hydrogen) atoms. The van der Waals surface area contributed by atoms with Crippen LogP contribution >= 0.6 is 0 Å². The Morgan fingerprint density at radius 1 is 1.28 bits per heavy atom. The maximum absolute atomic E-state index is 5.99. The largest absolute Gasteiger partial charge is 0.489 e. The summed E-state index contributed by atoms with van der Waals surface area (Å²) in [4.78, 5) is 10.4. The minimum Gasteiger partial charge on any atom is -0.489 e. The van der Waals surface area contributed by atoms with Crippen LogP contribution in [0.15, 0.2) is 12.1 Å². The van der Waals surface area contributed by atoms with Gasteiger partial charge in [-0.15, -0.1) is 0 Å². The summed E-state index contributed by atoms with van der Waals surface area (Å²) in [6, 6.07) is 4.06. The van der Waals surface area contributed by atoms with Crippen molar-refractivity contribution in [3.05, 3.63) is 17.7 Å². The Bertz CT molecular complexity index is 625. The van der Waals surface area contributed by atoms with Crippen molar-refractivity contribution >= 4 is 22.7 Å². The van der Waals surface area contributed by atoms with Crippen LogP contribution in [0.25, 0.3) is 10.9 Å². The molecule has 0 amide bonds. The highest BCUT2D eigenvalue weighted by molar-refractivity contribution is 5.96. The molecule has 6 heteroatoms. The lowest BCUT2D eigenvalue weighted by molar-refractivity contribution is 0.194. The van der Waals surface area contributed by atoms with E-state index in [9.17, 15) is 0 Å². The third-order valence-corrected chi connectivity index (χ3v) is 3.27. The van der Waals surface area contributed by atoms with Gasteiger partial charge in [-0.2, -0.15) is 4.98 Å². The summed E-state index contributed by atoms with van der Waals surface area (Å²) in [6.45, 7) is 0.570. The minimum atomic E-state index is 0.134. The predicted octanol–water partition coefficient (Wildman–Crippen LogP) is 0.789. The van der Waals surface area contributed by atoms with Gasteiger partial charge >= 0.3 is 0 Å². The molecule has 1 atom stereocenters. The fourth-order valence-corrected chi connectivity index (χ4v) is 2.37. The van der Waals surface area contributed by atoms with Crippen molar-refractivity contribution in [1.82, 2.24) is 14.9 Å². The molecule has 2 aliphatic heterocycles. The molecule has 3 heterocycles. The molecule has 0 saturated carbocycles. The zero-order chi connectivity index (χ0) is 12.9. The van der Waals surface area contributed by atoms with Crippen LogP contribution in [0.3, 0.4) is 0 Å². The molecule has 2 aliphatic rings. The Kier molecular flexibility index (Phi) is 2.27. The van der Waals surface area contributed by atoms with Crippen molar-refractivity contribution in [3.63, 3.8) is 0 Å². The van der Waals surface area contributed by atoms with Gasteiger partial charge in [0.05, 0.1) is 11.4 Å². The van der Waals surface area contributed by atoms with Crippen LogP contribution in [-0.4, -0.2) is 35.6 Å². The third kappa shape index (κ3) is 1.46. The summed E-state index contributed by atoms with van der Waals surface area (Å²) >= 11 is 0. The summed E-state index contributed by atoms with van der Waals surface area (Å²) in [5, 5.41) is 0.845. The molecule has 1 aromatic carbocycles. The van der Waals surface area contributed by atoms with Gasteiger partial charge in [0.15, 0.2) is 0 Å². The number of rotatable bonds is 1. The first kappa shape index (κ1) is 11.0. The van der Waals surface area contributed by atoms with E-state index < -0.39 is 0 Å². The van der Waals surface area contributed by atoms with E-state index in [1.807, 2.05) is 26.2 Å². The molecular weight excluding hydrogens is 230 g/mol.